The Morgan fingerprint density at radius 2 is 1.95 bits per heavy atom. The molecule has 2 aromatic rings. The fraction of sp³-hybridized carbons (Fsp3) is 0.333. The van der Waals surface area contributed by atoms with E-state index >= 15 is 0 Å². The lowest BCUT2D eigenvalue weighted by Gasteiger charge is -2.19. The zero-order valence-electron chi connectivity index (χ0n) is 11.8. The molecule has 5 nitrogen and oxygen atoms in total. The summed E-state index contributed by atoms with van der Waals surface area (Å²) in [5.74, 6) is -0.800. The minimum absolute atomic E-state index is 0.0456. The van der Waals surface area contributed by atoms with Gasteiger partial charge in [-0.15, -0.1) is 0 Å². The smallest absolute Gasteiger partial charge is 0.328 e. The molecular weight excluding hydrogens is 256 g/mol. The average molecular weight is 274 g/mol. The lowest BCUT2D eigenvalue weighted by molar-refractivity contribution is -0.144. The van der Waals surface area contributed by atoms with E-state index in [1.165, 1.54) is 7.11 Å². The molecule has 1 heterocycles. The Balaban J connectivity index is 2.20. The summed E-state index contributed by atoms with van der Waals surface area (Å²) >= 11 is 0. The molecule has 0 bridgehead atoms. The minimum atomic E-state index is -0.654. The number of ether oxygens (including phenoxy) is 1. The van der Waals surface area contributed by atoms with Crippen LogP contribution in [0.5, 0.6) is 0 Å². The fourth-order valence-electron chi connectivity index (χ4n) is 2.04. The summed E-state index contributed by atoms with van der Waals surface area (Å²) in [4.78, 5) is 26.9. The highest BCUT2D eigenvalue weighted by molar-refractivity contribution is 5.99. The molecule has 20 heavy (non-hydrogen) atoms. The molecule has 106 valence electrons. The number of benzene rings is 1. The summed E-state index contributed by atoms with van der Waals surface area (Å²) in [5.41, 5.74) is 1.32. The molecule has 0 aliphatic rings. The molecule has 1 atom stereocenters. The van der Waals surface area contributed by atoms with E-state index in [4.69, 9.17) is 4.74 Å². The van der Waals surface area contributed by atoms with Gasteiger partial charge in [0.05, 0.1) is 7.11 Å². The van der Waals surface area contributed by atoms with Crippen LogP contribution in [0, 0.1) is 5.92 Å². The number of amides is 1. The van der Waals surface area contributed by atoms with Gasteiger partial charge in [0.2, 0.25) is 0 Å². The summed E-state index contributed by atoms with van der Waals surface area (Å²) < 4.78 is 4.71. The van der Waals surface area contributed by atoms with E-state index < -0.39 is 12.0 Å². The van der Waals surface area contributed by atoms with E-state index in [0.29, 0.717) is 5.69 Å². The predicted octanol–water partition coefficient (Wildman–Crippen LogP) is 2.10. The molecule has 2 rings (SSSR count). The maximum atomic E-state index is 12.2. The van der Waals surface area contributed by atoms with Crippen LogP contribution in [0.4, 0.5) is 0 Å². The van der Waals surface area contributed by atoms with E-state index in [1.54, 1.807) is 6.07 Å². The van der Waals surface area contributed by atoms with Crippen molar-refractivity contribution >= 4 is 22.8 Å². The van der Waals surface area contributed by atoms with Crippen molar-refractivity contribution in [1.29, 1.82) is 0 Å². The van der Waals surface area contributed by atoms with Crippen molar-refractivity contribution in [2.24, 2.45) is 5.92 Å². The standard InChI is InChI=1S/C15H18N2O3/c1-9(2)13(15(19)20-3)17-14(18)12-8-10-6-4-5-7-11(10)16-12/h4-9,13,16H,1-3H3,(H,17,18). The van der Waals surface area contributed by atoms with E-state index in [2.05, 4.69) is 10.3 Å². The molecule has 0 aliphatic heterocycles. The zero-order valence-corrected chi connectivity index (χ0v) is 11.8. The van der Waals surface area contributed by atoms with E-state index in [9.17, 15) is 9.59 Å². The molecular formula is C15H18N2O3. The van der Waals surface area contributed by atoms with Gasteiger partial charge in [0, 0.05) is 10.9 Å². The van der Waals surface area contributed by atoms with Crippen LogP contribution in [-0.2, 0) is 9.53 Å². The van der Waals surface area contributed by atoms with Gasteiger partial charge in [-0.25, -0.2) is 4.79 Å². The highest BCUT2D eigenvalue weighted by Crippen LogP contribution is 2.15. The van der Waals surface area contributed by atoms with Crippen LogP contribution < -0.4 is 5.32 Å². The number of carbonyl (C=O) groups is 2. The van der Waals surface area contributed by atoms with E-state index in [-0.39, 0.29) is 11.8 Å². The minimum Gasteiger partial charge on any atom is -0.467 e. The number of hydrogen-bond acceptors (Lipinski definition) is 3. The number of fused-ring (bicyclic) bond motifs is 1. The number of H-pyrrole nitrogens is 1. The molecule has 1 amide bonds. The van der Waals surface area contributed by atoms with Crippen molar-refractivity contribution in [3.63, 3.8) is 0 Å². The molecule has 2 N–H and O–H groups in total. The Morgan fingerprint density at radius 1 is 1.25 bits per heavy atom. The summed E-state index contributed by atoms with van der Waals surface area (Å²) in [6.45, 7) is 3.71. The first-order chi connectivity index (χ1) is 9.52. The third-order valence-corrected chi connectivity index (χ3v) is 3.18. The molecule has 1 unspecified atom stereocenters. The Morgan fingerprint density at radius 3 is 2.55 bits per heavy atom. The van der Waals surface area contributed by atoms with Crippen molar-refractivity contribution in [2.45, 2.75) is 19.9 Å². The highest BCUT2D eigenvalue weighted by atomic mass is 16.5. The number of aromatic nitrogens is 1. The van der Waals surface area contributed by atoms with Crippen molar-refractivity contribution in [3.8, 4) is 0 Å². The second kappa shape index (κ2) is 5.77. The largest absolute Gasteiger partial charge is 0.467 e. The molecule has 0 fully saturated rings. The van der Waals surface area contributed by atoms with Gasteiger partial charge in [-0.2, -0.15) is 0 Å². The topological polar surface area (TPSA) is 71.2 Å². The van der Waals surface area contributed by atoms with Crippen molar-refractivity contribution in [1.82, 2.24) is 10.3 Å². The highest BCUT2D eigenvalue weighted by Gasteiger charge is 2.25. The van der Waals surface area contributed by atoms with Crippen LogP contribution in [0.1, 0.15) is 24.3 Å². The maximum absolute atomic E-state index is 12.2. The third-order valence-electron chi connectivity index (χ3n) is 3.18. The monoisotopic (exact) mass is 274 g/mol. The summed E-state index contributed by atoms with van der Waals surface area (Å²) in [7, 11) is 1.31. The van der Waals surface area contributed by atoms with Crippen LogP contribution in [0.15, 0.2) is 30.3 Å². The van der Waals surface area contributed by atoms with Crippen LogP contribution >= 0.6 is 0 Å². The molecule has 0 spiro atoms. The Hall–Kier alpha value is -2.30. The van der Waals surface area contributed by atoms with Gasteiger partial charge in [0.15, 0.2) is 0 Å². The average Bonchev–Trinajstić information content (AvgIpc) is 2.87. The second-order valence-corrected chi connectivity index (χ2v) is 4.99. The Labute approximate surface area is 117 Å². The van der Waals surface area contributed by atoms with Crippen LogP contribution in [-0.4, -0.2) is 30.0 Å². The number of para-hydroxylation sites is 1. The van der Waals surface area contributed by atoms with Crippen LogP contribution in [0.25, 0.3) is 10.9 Å². The lowest BCUT2D eigenvalue weighted by atomic mass is 10.0. The first-order valence-corrected chi connectivity index (χ1v) is 6.49. The SMILES string of the molecule is COC(=O)C(NC(=O)c1cc2ccccc2[nH]1)C(C)C. The molecule has 0 aliphatic carbocycles. The fourth-order valence-corrected chi connectivity index (χ4v) is 2.04. The summed E-state index contributed by atoms with van der Waals surface area (Å²) in [6.07, 6.45) is 0. The van der Waals surface area contributed by atoms with Crippen molar-refractivity contribution in [2.75, 3.05) is 7.11 Å². The van der Waals surface area contributed by atoms with Gasteiger partial charge in [0.25, 0.3) is 5.91 Å². The Kier molecular flexibility index (Phi) is 4.08. The van der Waals surface area contributed by atoms with Crippen molar-refractivity contribution < 1.29 is 14.3 Å². The van der Waals surface area contributed by atoms with Crippen LogP contribution in [0.3, 0.4) is 0 Å². The normalized spacial score (nSPS) is 12.4. The molecule has 1 aromatic heterocycles. The summed E-state index contributed by atoms with van der Waals surface area (Å²) in [5, 5.41) is 3.66. The molecule has 0 saturated carbocycles. The van der Waals surface area contributed by atoms with Gasteiger partial charge >= 0.3 is 5.97 Å². The molecule has 1 aromatic carbocycles. The summed E-state index contributed by atoms with van der Waals surface area (Å²) in [6, 6.07) is 8.72. The number of methoxy groups -OCH3 is 1. The van der Waals surface area contributed by atoms with E-state index in [0.717, 1.165) is 10.9 Å². The molecule has 5 heteroatoms. The van der Waals surface area contributed by atoms with Gasteiger partial charge < -0.3 is 15.0 Å². The van der Waals surface area contributed by atoms with Gasteiger partial charge in [-0.1, -0.05) is 32.0 Å². The quantitative estimate of drug-likeness (QED) is 0.839. The first kappa shape index (κ1) is 14.1. The zero-order chi connectivity index (χ0) is 14.7. The lowest BCUT2D eigenvalue weighted by Crippen LogP contribution is -2.45. The maximum Gasteiger partial charge on any atom is 0.328 e. The van der Waals surface area contributed by atoms with Gasteiger partial charge in [-0.3, -0.25) is 4.79 Å². The van der Waals surface area contributed by atoms with Gasteiger partial charge in [-0.05, 0) is 18.1 Å². The number of aromatic amines is 1. The molecule has 0 saturated heterocycles. The second-order valence-electron chi connectivity index (χ2n) is 4.99. The van der Waals surface area contributed by atoms with Crippen LogP contribution in [0.2, 0.25) is 0 Å². The first-order valence-electron chi connectivity index (χ1n) is 6.49. The van der Waals surface area contributed by atoms with E-state index in [1.807, 2.05) is 38.1 Å². The molecule has 0 radical (unpaired) electrons. The number of carbonyl (C=O) groups excluding carboxylic acids is 2. The predicted molar refractivity (Wildman–Crippen MR) is 76.4 cm³/mol. The number of esters is 1. The Bertz CT molecular complexity index is 598. The third kappa shape index (κ3) is 2.82. The number of rotatable bonds is 4. The van der Waals surface area contributed by atoms with Gasteiger partial charge in [0.1, 0.15) is 11.7 Å². The van der Waals surface area contributed by atoms with Crippen molar-refractivity contribution in [3.05, 3.63) is 36.0 Å². The number of hydrogen-bond donors (Lipinski definition) is 2. The number of nitrogens with one attached hydrogen (secondary N) is 2.